The smallest absolute Gasteiger partial charge is 0.0613 e. The van der Waals surface area contributed by atoms with Gasteiger partial charge in [-0.2, -0.15) is 0 Å². The summed E-state index contributed by atoms with van der Waals surface area (Å²) in [6.07, 6.45) is 5.48. The van der Waals surface area contributed by atoms with Crippen molar-refractivity contribution in [2.75, 3.05) is 26.4 Å². The molecule has 4 N–H and O–H groups in total. The molecule has 0 unspecified atom stereocenters. The molecule has 0 radical (unpaired) electrons. The van der Waals surface area contributed by atoms with Crippen LogP contribution in [-0.4, -0.2) is 47.2 Å². The third kappa shape index (κ3) is 3.42. The second kappa shape index (κ2) is 5.96. The second-order valence-electron chi connectivity index (χ2n) is 5.48. The van der Waals surface area contributed by atoms with Crippen molar-refractivity contribution < 1.29 is 15.3 Å². The molecule has 0 aromatic heterocycles. The number of aliphatic hydroxyl groups excluding tert-OH is 3. The molecule has 0 bridgehead atoms. The van der Waals surface area contributed by atoms with Crippen LogP contribution in [0, 0.1) is 5.41 Å². The first-order chi connectivity index (χ1) is 7.60. The van der Waals surface area contributed by atoms with Crippen LogP contribution in [0.15, 0.2) is 0 Å². The van der Waals surface area contributed by atoms with E-state index in [0.717, 1.165) is 25.7 Å². The zero-order chi connectivity index (χ0) is 12.1. The predicted octanol–water partition coefficient (Wildman–Crippen LogP) is 0.262. The SMILES string of the molecule is CC(CO)(CO)CNC1(CO)CCCCC1. The lowest BCUT2D eigenvalue weighted by molar-refractivity contribution is 0.0456. The van der Waals surface area contributed by atoms with Gasteiger partial charge in [-0.15, -0.1) is 0 Å². The molecule has 0 heterocycles. The average Bonchev–Trinajstić information content (AvgIpc) is 2.37. The van der Waals surface area contributed by atoms with Crippen molar-refractivity contribution in [3.8, 4) is 0 Å². The highest BCUT2D eigenvalue weighted by Crippen LogP contribution is 2.28. The second-order valence-corrected chi connectivity index (χ2v) is 5.48. The Morgan fingerprint density at radius 1 is 1.06 bits per heavy atom. The van der Waals surface area contributed by atoms with E-state index in [2.05, 4.69) is 5.32 Å². The maximum absolute atomic E-state index is 9.50. The van der Waals surface area contributed by atoms with E-state index in [1.54, 1.807) is 0 Å². The normalized spacial score (nSPS) is 21.0. The molecule has 1 aliphatic carbocycles. The molecule has 1 saturated carbocycles. The van der Waals surface area contributed by atoms with Gasteiger partial charge in [0.1, 0.15) is 0 Å². The summed E-state index contributed by atoms with van der Waals surface area (Å²) in [4.78, 5) is 0. The monoisotopic (exact) mass is 231 g/mol. The average molecular weight is 231 g/mol. The quantitative estimate of drug-likeness (QED) is 0.529. The standard InChI is InChI=1S/C12H25NO3/c1-11(8-14,9-15)7-13-12(10-16)5-3-2-4-6-12/h13-16H,2-10H2,1H3. The third-order valence-electron chi connectivity index (χ3n) is 3.77. The van der Waals surface area contributed by atoms with Gasteiger partial charge in [0.05, 0.1) is 19.8 Å². The van der Waals surface area contributed by atoms with E-state index in [4.69, 9.17) is 0 Å². The zero-order valence-corrected chi connectivity index (χ0v) is 10.2. The Labute approximate surface area is 97.7 Å². The van der Waals surface area contributed by atoms with Crippen LogP contribution in [0.1, 0.15) is 39.0 Å². The van der Waals surface area contributed by atoms with Crippen molar-refractivity contribution in [2.45, 2.75) is 44.6 Å². The van der Waals surface area contributed by atoms with Crippen molar-refractivity contribution in [2.24, 2.45) is 5.41 Å². The Morgan fingerprint density at radius 2 is 1.62 bits per heavy atom. The van der Waals surface area contributed by atoms with Crippen molar-refractivity contribution in [1.29, 1.82) is 0 Å². The lowest BCUT2D eigenvalue weighted by Crippen LogP contribution is -2.54. The van der Waals surface area contributed by atoms with Gasteiger partial charge in [0.2, 0.25) is 0 Å². The maximum atomic E-state index is 9.50. The van der Waals surface area contributed by atoms with E-state index in [1.165, 1.54) is 6.42 Å². The highest BCUT2D eigenvalue weighted by molar-refractivity contribution is 4.92. The molecule has 0 atom stereocenters. The number of aliphatic hydroxyl groups is 3. The first-order valence-electron chi connectivity index (χ1n) is 6.17. The maximum Gasteiger partial charge on any atom is 0.0613 e. The van der Waals surface area contributed by atoms with Gasteiger partial charge in [-0.25, -0.2) is 0 Å². The van der Waals surface area contributed by atoms with E-state index < -0.39 is 5.41 Å². The van der Waals surface area contributed by atoms with E-state index >= 15 is 0 Å². The molecular weight excluding hydrogens is 206 g/mol. The highest BCUT2D eigenvalue weighted by Gasteiger charge is 2.33. The van der Waals surface area contributed by atoms with Gasteiger partial charge in [-0.05, 0) is 12.8 Å². The molecule has 0 amide bonds. The third-order valence-corrected chi connectivity index (χ3v) is 3.77. The molecule has 1 fully saturated rings. The minimum absolute atomic E-state index is 0.0436. The van der Waals surface area contributed by atoms with Crippen molar-refractivity contribution in [3.05, 3.63) is 0 Å². The molecule has 4 heteroatoms. The summed E-state index contributed by atoms with van der Waals surface area (Å²) < 4.78 is 0. The Balaban J connectivity index is 2.50. The minimum atomic E-state index is -0.500. The molecule has 0 saturated heterocycles. The molecule has 1 aliphatic rings. The van der Waals surface area contributed by atoms with Crippen LogP contribution in [0.3, 0.4) is 0 Å². The summed E-state index contributed by atoms with van der Waals surface area (Å²) in [5.74, 6) is 0. The lowest BCUT2D eigenvalue weighted by atomic mass is 9.81. The fourth-order valence-electron chi connectivity index (χ4n) is 2.18. The van der Waals surface area contributed by atoms with Crippen LogP contribution in [-0.2, 0) is 0 Å². The van der Waals surface area contributed by atoms with Gasteiger partial charge in [0.15, 0.2) is 0 Å². The first kappa shape index (κ1) is 13.9. The summed E-state index contributed by atoms with van der Waals surface area (Å²) >= 11 is 0. The Kier molecular flexibility index (Phi) is 5.18. The first-order valence-corrected chi connectivity index (χ1v) is 6.17. The van der Waals surface area contributed by atoms with E-state index in [9.17, 15) is 15.3 Å². The molecular formula is C12H25NO3. The summed E-state index contributed by atoms with van der Waals surface area (Å²) in [7, 11) is 0. The molecule has 16 heavy (non-hydrogen) atoms. The van der Waals surface area contributed by atoms with Gasteiger partial charge >= 0.3 is 0 Å². The van der Waals surface area contributed by atoms with Crippen LogP contribution in [0.25, 0.3) is 0 Å². The predicted molar refractivity (Wildman–Crippen MR) is 63.2 cm³/mol. The topological polar surface area (TPSA) is 72.7 Å². The summed E-state index contributed by atoms with van der Waals surface area (Å²) in [5.41, 5.74) is -0.691. The van der Waals surface area contributed by atoms with Crippen LogP contribution >= 0.6 is 0 Å². The van der Waals surface area contributed by atoms with Crippen LogP contribution < -0.4 is 5.32 Å². The van der Waals surface area contributed by atoms with Crippen LogP contribution in [0.4, 0.5) is 0 Å². The van der Waals surface area contributed by atoms with Gasteiger partial charge in [-0.1, -0.05) is 26.2 Å². The Bertz CT molecular complexity index is 198. The molecule has 0 spiro atoms. The van der Waals surface area contributed by atoms with Crippen molar-refractivity contribution in [1.82, 2.24) is 5.32 Å². The molecule has 0 aromatic carbocycles. The van der Waals surface area contributed by atoms with E-state index in [1.807, 2.05) is 6.92 Å². The molecule has 96 valence electrons. The van der Waals surface area contributed by atoms with E-state index in [0.29, 0.717) is 6.54 Å². The van der Waals surface area contributed by atoms with Gasteiger partial charge in [0.25, 0.3) is 0 Å². The number of hydrogen-bond acceptors (Lipinski definition) is 4. The van der Waals surface area contributed by atoms with Crippen LogP contribution in [0.2, 0.25) is 0 Å². The fraction of sp³-hybridized carbons (Fsp3) is 1.00. The van der Waals surface area contributed by atoms with Crippen molar-refractivity contribution >= 4 is 0 Å². The zero-order valence-electron chi connectivity index (χ0n) is 10.2. The van der Waals surface area contributed by atoms with Crippen LogP contribution in [0.5, 0.6) is 0 Å². The van der Waals surface area contributed by atoms with Crippen molar-refractivity contribution in [3.63, 3.8) is 0 Å². The molecule has 0 aromatic rings. The lowest BCUT2D eigenvalue weighted by Gasteiger charge is -2.39. The number of rotatable bonds is 6. The Hall–Kier alpha value is -0.160. The molecule has 0 aliphatic heterocycles. The highest BCUT2D eigenvalue weighted by atomic mass is 16.3. The largest absolute Gasteiger partial charge is 0.396 e. The van der Waals surface area contributed by atoms with E-state index in [-0.39, 0.29) is 25.4 Å². The summed E-state index contributed by atoms with van der Waals surface area (Å²) in [6.45, 7) is 2.43. The minimum Gasteiger partial charge on any atom is -0.396 e. The Morgan fingerprint density at radius 3 is 2.06 bits per heavy atom. The summed E-state index contributed by atoms with van der Waals surface area (Å²) in [5, 5.41) is 31.3. The van der Waals surface area contributed by atoms with Gasteiger partial charge < -0.3 is 20.6 Å². The molecule has 4 nitrogen and oxygen atoms in total. The molecule has 1 rings (SSSR count). The van der Waals surface area contributed by atoms with Gasteiger partial charge in [0, 0.05) is 17.5 Å². The number of hydrogen-bond donors (Lipinski definition) is 4. The summed E-state index contributed by atoms with van der Waals surface area (Å²) in [6, 6.07) is 0. The fourth-order valence-corrected chi connectivity index (χ4v) is 2.18. The van der Waals surface area contributed by atoms with Gasteiger partial charge in [-0.3, -0.25) is 0 Å². The number of nitrogens with one attached hydrogen (secondary N) is 1.